The molecule has 0 radical (unpaired) electrons. The van der Waals surface area contributed by atoms with Crippen LogP contribution < -0.4 is 0 Å². The lowest BCUT2D eigenvalue weighted by Crippen LogP contribution is -2.35. The summed E-state index contributed by atoms with van der Waals surface area (Å²) in [6.45, 7) is 2.84. The third-order valence-electron chi connectivity index (χ3n) is 5.52. The molecule has 1 fully saturated rings. The summed E-state index contributed by atoms with van der Waals surface area (Å²) in [5.74, 6) is -0.732. The fourth-order valence-corrected chi connectivity index (χ4v) is 3.80. The average Bonchev–Trinajstić information content (AvgIpc) is 3.02. The SMILES string of the molecule is CCCCCC[C@H](O)CC[C@@H]1CCC(=O)N1CCc1ccc(C(=O)O)cc1. The predicted octanol–water partition coefficient (Wildman–Crippen LogP) is 4.03. The van der Waals surface area contributed by atoms with E-state index in [9.17, 15) is 14.7 Å². The number of unbranched alkanes of at least 4 members (excludes halogenated alkanes) is 3. The Labute approximate surface area is 162 Å². The van der Waals surface area contributed by atoms with E-state index in [1.165, 1.54) is 19.3 Å². The lowest BCUT2D eigenvalue weighted by molar-refractivity contribution is -0.129. The molecule has 27 heavy (non-hydrogen) atoms. The zero-order valence-electron chi connectivity index (χ0n) is 16.4. The minimum Gasteiger partial charge on any atom is -0.478 e. The Bertz CT molecular complexity index is 599. The molecule has 0 saturated carbocycles. The van der Waals surface area contributed by atoms with Gasteiger partial charge in [-0.1, -0.05) is 44.7 Å². The zero-order valence-corrected chi connectivity index (χ0v) is 16.4. The van der Waals surface area contributed by atoms with Crippen molar-refractivity contribution in [3.8, 4) is 0 Å². The van der Waals surface area contributed by atoms with Gasteiger partial charge in [0.1, 0.15) is 0 Å². The highest BCUT2D eigenvalue weighted by Gasteiger charge is 2.30. The molecule has 0 unspecified atom stereocenters. The normalized spacial score (nSPS) is 18.1. The Hall–Kier alpha value is -1.88. The number of carboxylic acid groups (broad SMARTS) is 1. The van der Waals surface area contributed by atoms with Crippen LogP contribution in [0.5, 0.6) is 0 Å². The largest absolute Gasteiger partial charge is 0.478 e. The average molecular weight is 376 g/mol. The van der Waals surface area contributed by atoms with Crippen molar-refractivity contribution in [1.82, 2.24) is 4.90 Å². The highest BCUT2D eigenvalue weighted by atomic mass is 16.4. The second-order valence-corrected chi connectivity index (χ2v) is 7.61. The number of likely N-dealkylation sites (tertiary alicyclic amines) is 1. The number of benzene rings is 1. The lowest BCUT2D eigenvalue weighted by atomic mass is 10.0. The first-order valence-electron chi connectivity index (χ1n) is 10.3. The van der Waals surface area contributed by atoms with E-state index < -0.39 is 5.97 Å². The predicted molar refractivity (Wildman–Crippen MR) is 106 cm³/mol. The highest BCUT2D eigenvalue weighted by Crippen LogP contribution is 2.24. The summed E-state index contributed by atoms with van der Waals surface area (Å²) < 4.78 is 0. The number of hydrogen-bond donors (Lipinski definition) is 2. The number of rotatable bonds is 12. The third-order valence-corrected chi connectivity index (χ3v) is 5.52. The number of aliphatic hydroxyl groups is 1. The Balaban J connectivity index is 1.77. The van der Waals surface area contributed by atoms with Gasteiger partial charge in [0.2, 0.25) is 5.91 Å². The van der Waals surface area contributed by atoms with E-state index >= 15 is 0 Å². The molecule has 2 rings (SSSR count). The van der Waals surface area contributed by atoms with E-state index in [4.69, 9.17) is 5.11 Å². The minimum atomic E-state index is -0.926. The number of nitrogens with zero attached hydrogens (tertiary/aromatic N) is 1. The quantitative estimate of drug-likeness (QED) is 0.541. The Morgan fingerprint density at radius 1 is 1.19 bits per heavy atom. The molecule has 1 aliphatic rings. The molecule has 0 aliphatic carbocycles. The smallest absolute Gasteiger partial charge is 0.335 e. The van der Waals surface area contributed by atoms with Crippen LogP contribution in [0, 0.1) is 0 Å². The molecule has 2 atom stereocenters. The molecule has 5 heteroatoms. The number of carbonyl (C=O) groups is 2. The number of hydrogen-bond acceptors (Lipinski definition) is 3. The van der Waals surface area contributed by atoms with Crippen molar-refractivity contribution in [2.45, 2.75) is 83.3 Å². The summed E-state index contributed by atoms with van der Waals surface area (Å²) in [4.78, 5) is 25.1. The second kappa shape index (κ2) is 11.1. The monoisotopic (exact) mass is 375 g/mol. The number of amides is 1. The van der Waals surface area contributed by atoms with Crippen LogP contribution in [0.1, 0.15) is 80.6 Å². The Kier molecular flexibility index (Phi) is 8.79. The first-order valence-corrected chi connectivity index (χ1v) is 10.3. The van der Waals surface area contributed by atoms with Crippen LogP contribution in [0.3, 0.4) is 0 Å². The van der Waals surface area contributed by atoms with E-state index in [2.05, 4.69) is 6.92 Å². The molecule has 1 saturated heterocycles. The number of aromatic carboxylic acids is 1. The zero-order chi connectivity index (χ0) is 19.6. The van der Waals surface area contributed by atoms with Crippen LogP contribution in [-0.4, -0.2) is 45.7 Å². The molecule has 2 N–H and O–H groups in total. The van der Waals surface area contributed by atoms with Crippen LogP contribution in [0.15, 0.2) is 24.3 Å². The summed E-state index contributed by atoms with van der Waals surface area (Å²) in [5, 5.41) is 19.1. The first kappa shape index (κ1) is 21.4. The van der Waals surface area contributed by atoms with Gasteiger partial charge in [0.15, 0.2) is 0 Å². The van der Waals surface area contributed by atoms with Crippen molar-refractivity contribution in [2.75, 3.05) is 6.54 Å². The maximum atomic E-state index is 12.2. The van der Waals surface area contributed by atoms with Crippen molar-refractivity contribution in [3.05, 3.63) is 35.4 Å². The lowest BCUT2D eigenvalue weighted by Gasteiger charge is -2.26. The van der Waals surface area contributed by atoms with Crippen molar-refractivity contribution in [3.63, 3.8) is 0 Å². The number of carbonyl (C=O) groups excluding carboxylic acids is 1. The molecular weight excluding hydrogens is 342 g/mol. The topological polar surface area (TPSA) is 77.8 Å². The Morgan fingerprint density at radius 3 is 2.59 bits per heavy atom. The molecule has 5 nitrogen and oxygen atoms in total. The highest BCUT2D eigenvalue weighted by molar-refractivity contribution is 5.87. The van der Waals surface area contributed by atoms with Crippen molar-refractivity contribution >= 4 is 11.9 Å². The second-order valence-electron chi connectivity index (χ2n) is 7.61. The van der Waals surface area contributed by atoms with E-state index in [-0.39, 0.29) is 23.6 Å². The first-order chi connectivity index (χ1) is 13.0. The molecule has 150 valence electrons. The number of carboxylic acids is 1. The number of aliphatic hydroxyl groups excluding tert-OH is 1. The molecule has 1 amide bonds. The van der Waals surface area contributed by atoms with Gasteiger partial charge < -0.3 is 15.1 Å². The third kappa shape index (κ3) is 6.98. The van der Waals surface area contributed by atoms with Gasteiger partial charge in [0.05, 0.1) is 11.7 Å². The fourth-order valence-electron chi connectivity index (χ4n) is 3.80. The van der Waals surface area contributed by atoms with Gasteiger partial charge in [-0.05, 0) is 49.8 Å². The molecular formula is C22H33NO4. The van der Waals surface area contributed by atoms with Gasteiger partial charge in [-0.15, -0.1) is 0 Å². The molecule has 1 aromatic rings. The van der Waals surface area contributed by atoms with Gasteiger partial charge in [-0.2, -0.15) is 0 Å². The standard InChI is InChI=1S/C22H33NO4/c1-2-3-4-5-6-20(24)13-11-19-12-14-21(25)23(19)16-15-17-7-9-18(10-8-17)22(26)27/h7-10,19-20,24H,2-6,11-16H2,1H3,(H,26,27)/t19-,20+/m1/s1. The van der Waals surface area contributed by atoms with E-state index in [0.717, 1.165) is 44.1 Å². The van der Waals surface area contributed by atoms with Gasteiger partial charge >= 0.3 is 5.97 Å². The molecule has 0 bridgehead atoms. The molecule has 1 aliphatic heterocycles. The minimum absolute atomic E-state index is 0.194. The van der Waals surface area contributed by atoms with Crippen LogP contribution in [0.4, 0.5) is 0 Å². The van der Waals surface area contributed by atoms with Gasteiger partial charge in [-0.3, -0.25) is 4.79 Å². The Morgan fingerprint density at radius 2 is 1.93 bits per heavy atom. The summed E-state index contributed by atoms with van der Waals surface area (Å²) in [5.41, 5.74) is 1.32. The van der Waals surface area contributed by atoms with Crippen molar-refractivity contribution in [1.29, 1.82) is 0 Å². The maximum absolute atomic E-state index is 12.2. The summed E-state index contributed by atoms with van der Waals surface area (Å²) in [6, 6.07) is 7.07. The summed E-state index contributed by atoms with van der Waals surface area (Å²) in [6.07, 6.45) is 9.10. The van der Waals surface area contributed by atoms with Gasteiger partial charge in [0, 0.05) is 19.0 Å². The van der Waals surface area contributed by atoms with Crippen LogP contribution in [0.2, 0.25) is 0 Å². The maximum Gasteiger partial charge on any atom is 0.335 e. The molecule has 1 aromatic carbocycles. The molecule has 0 aromatic heterocycles. The molecule has 0 spiro atoms. The van der Waals surface area contributed by atoms with Gasteiger partial charge in [0.25, 0.3) is 0 Å². The van der Waals surface area contributed by atoms with Crippen LogP contribution in [0.25, 0.3) is 0 Å². The van der Waals surface area contributed by atoms with Crippen LogP contribution in [-0.2, 0) is 11.2 Å². The van der Waals surface area contributed by atoms with Crippen molar-refractivity contribution < 1.29 is 19.8 Å². The fraction of sp³-hybridized carbons (Fsp3) is 0.636. The summed E-state index contributed by atoms with van der Waals surface area (Å²) >= 11 is 0. The molecule has 1 heterocycles. The van der Waals surface area contributed by atoms with E-state index in [1.54, 1.807) is 12.1 Å². The van der Waals surface area contributed by atoms with E-state index in [1.807, 2.05) is 17.0 Å². The van der Waals surface area contributed by atoms with Gasteiger partial charge in [-0.25, -0.2) is 4.79 Å². The van der Waals surface area contributed by atoms with Crippen molar-refractivity contribution in [2.24, 2.45) is 0 Å². The van der Waals surface area contributed by atoms with Crippen LogP contribution >= 0.6 is 0 Å². The summed E-state index contributed by atoms with van der Waals surface area (Å²) in [7, 11) is 0. The van der Waals surface area contributed by atoms with E-state index in [0.29, 0.717) is 13.0 Å².